The molecule has 1 fully saturated rings. The van der Waals surface area contributed by atoms with Crippen molar-refractivity contribution in [3.8, 4) is 0 Å². The Morgan fingerprint density at radius 3 is 2.19 bits per heavy atom. The first-order valence-electron chi connectivity index (χ1n) is 7.95. The third-order valence-electron chi connectivity index (χ3n) is 4.86. The Bertz CT molecular complexity index is 445. The first-order valence-corrected chi connectivity index (χ1v) is 7.95. The lowest BCUT2D eigenvalue weighted by molar-refractivity contribution is -0.0893. The predicted octanol–water partition coefficient (Wildman–Crippen LogP) is 1.70. The molecule has 0 radical (unpaired) electrons. The first kappa shape index (κ1) is 16.5. The molecule has 1 aromatic carbocycles. The van der Waals surface area contributed by atoms with E-state index in [1.54, 1.807) is 13.8 Å². The molecule has 2 N–H and O–H groups in total. The van der Waals surface area contributed by atoms with Crippen LogP contribution in [0.1, 0.15) is 52.0 Å². The summed E-state index contributed by atoms with van der Waals surface area (Å²) in [6.07, 6.45) is 2.45. The van der Waals surface area contributed by atoms with Crippen molar-refractivity contribution >= 4 is 12.9 Å². The van der Waals surface area contributed by atoms with Crippen molar-refractivity contribution in [3.05, 3.63) is 29.8 Å². The maximum Gasteiger partial charge on any atom is 0.309 e. The lowest BCUT2D eigenvalue weighted by atomic mass is 9.81. The summed E-state index contributed by atoms with van der Waals surface area (Å²) in [5.74, 6) is 0.689. The van der Waals surface area contributed by atoms with E-state index in [-0.39, 0.29) is 0 Å². The Labute approximate surface area is 129 Å². The van der Waals surface area contributed by atoms with E-state index in [1.165, 1.54) is 18.4 Å². The highest BCUT2D eigenvalue weighted by Gasteiger charge is 2.35. The molecule has 1 aliphatic rings. The van der Waals surface area contributed by atoms with E-state index < -0.39 is 11.2 Å². The second kappa shape index (κ2) is 6.51. The summed E-state index contributed by atoms with van der Waals surface area (Å²) in [5.41, 5.74) is 1.16. The Kier molecular flexibility index (Phi) is 5.13. The fourth-order valence-corrected chi connectivity index (χ4v) is 2.48. The van der Waals surface area contributed by atoms with Crippen molar-refractivity contribution in [2.45, 2.75) is 57.7 Å². The number of benzene rings is 1. The van der Waals surface area contributed by atoms with Gasteiger partial charge in [-0.1, -0.05) is 29.7 Å². The van der Waals surface area contributed by atoms with E-state index in [0.29, 0.717) is 13.4 Å². The minimum absolute atomic E-state index is 0.531. The van der Waals surface area contributed by atoms with Crippen molar-refractivity contribution in [3.63, 3.8) is 0 Å². The SMILES string of the molecule is CC(C)(O)C(C)(C)OBc1ccc(C2CCNCC2)cc1. The van der Waals surface area contributed by atoms with Gasteiger partial charge in [-0.3, -0.25) is 0 Å². The molecule has 0 atom stereocenters. The molecule has 0 saturated carbocycles. The lowest BCUT2D eigenvalue weighted by Gasteiger charge is -2.37. The smallest absolute Gasteiger partial charge is 0.309 e. The van der Waals surface area contributed by atoms with Gasteiger partial charge >= 0.3 is 7.48 Å². The maximum atomic E-state index is 10.1. The third-order valence-corrected chi connectivity index (χ3v) is 4.86. The Morgan fingerprint density at radius 2 is 1.67 bits per heavy atom. The van der Waals surface area contributed by atoms with Crippen LogP contribution >= 0.6 is 0 Å². The summed E-state index contributed by atoms with van der Waals surface area (Å²) in [4.78, 5) is 0. The van der Waals surface area contributed by atoms with Crippen LogP contribution in [0.25, 0.3) is 0 Å². The molecule has 1 aliphatic heterocycles. The molecule has 1 aromatic rings. The highest BCUT2D eigenvalue weighted by Crippen LogP contribution is 2.25. The molecule has 0 spiro atoms. The van der Waals surface area contributed by atoms with Crippen LogP contribution in [0.5, 0.6) is 0 Å². The van der Waals surface area contributed by atoms with E-state index in [2.05, 4.69) is 29.6 Å². The minimum atomic E-state index is -0.859. The molecular formula is C17H28BNO2. The van der Waals surface area contributed by atoms with E-state index in [0.717, 1.165) is 18.6 Å². The van der Waals surface area contributed by atoms with Crippen LogP contribution in [-0.4, -0.2) is 36.9 Å². The van der Waals surface area contributed by atoms with Crippen LogP contribution in [0.4, 0.5) is 0 Å². The van der Waals surface area contributed by atoms with Crippen molar-refractivity contribution in [1.29, 1.82) is 0 Å². The second-order valence-electron chi connectivity index (χ2n) is 7.12. The molecule has 1 saturated heterocycles. The summed E-state index contributed by atoms with van der Waals surface area (Å²) in [6, 6.07) is 8.76. The van der Waals surface area contributed by atoms with Crippen LogP contribution in [0, 0.1) is 0 Å². The molecule has 1 heterocycles. The topological polar surface area (TPSA) is 41.5 Å². The zero-order valence-electron chi connectivity index (χ0n) is 13.8. The van der Waals surface area contributed by atoms with Crippen LogP contribution in [0.15, 0.2) is 24.3 Å². The largest absolute Gasteiger partial charge is 0.427 e. The number of rotatable bonds is 5. The number of piperidine rings is 1. The molecule has 0 amide bonds. The molecule has 0 aromatic heterocycles. The number of hydrogen-bond acceptors (Lipinski definition) is 3. The van der Waals surface area contributed by atoms with E-state index >= 15 is 0 Å². The summed E-state index contributed by atoms with van der Waals surface area (Å²) in [5, 5.41) is 13.5. The summed E-state index contributed by atoms with van der Waals surface area (Å²) >= 11 is 0. The number of aliphatic hydroxyl groups is 1. The average molecular weight is 289 g/mol. The average Bonchev–Trinajstić information content (AvgIpc) is 2.45. The normalized spacial score (nSPS) is 17.8. The molecule has 0 aliphatic carbocycles. The third kappa shape index (κ3) is 4.32. The summed E-state index contributed by atoms with van der Waals surface area (Å²) in [7, 11) is 0.531. The van der Waals surface area contributed by atoms with Crippen molar-refractivity contribution in [2.24, 2.45) is 0 Å². The highest BCUT2D eigenvalue weighted by atomic mass is 16.5. The Balaban J connectivity index is 1.93. The molecule has 3 nitrogen and oxygen atoms in total. The van der Waals surface area contributed by atoms with Crippen LogP contribution in [0.3, 0.4) is 0 Å². The zero-order valence-corrected chi connectivity index (χ0v) is 13.8. The summed E-state index contributed by atoms with van der Waals surface area (Å²) in [6.45, 7) is 9.66. The second-order valence-corrected chi connectivity index (χ2v) is 7.12. The van der Waals surface area contributed by atoms with Gasteiger partial charge in [0, 0.05) is 0 Å². The van der Waals surface area contributed by atoms with E-state index in [4.69, 9.17) is 4.65 Å². The van der Waals surface area contributed by atoms with Gasteiger partial charge in [0.05, 0.1) is 11.2 Å². The fraction of sp³-hybridized carbons (Fsp3) is 0.647. The highest BCUT2D eigenvalue weighted by molar-refractivity contribution is 6.47. The predicted molar refractivity (Wildman–Crippen MR) is 89.5 cm³/mol. The standard InChI is InChI=1S/C17H28BNO2/c1-16(2,20)17(3,4)21-18-15-7-5-13(6-8-15)14-9-11-19-12-10-14/h5-8,14,18-20H,9-12H2,1-4H3. The monoisotopic (exact) mass is 289 g/mol. The van der Waals surface area contributed by atoms with Crippen molar-refractivity contribution < 1.29 is 9.76 Å². The van der Waals surface area contributed by atoms with Gasteiger partial charge in [0.15, 0.2) is 0 Å². The van der Waals surface area contributed by atoms with Gasteiger partial charge < -0.3 is 15.1 Å². The van der Waals surface area contributed by atoms with Crippen LogP contribution < -0.4 is 10.8 Å². The molecular weight excluding hydrogens is 261 g/mol. The fourth-order valence-electron chi connectivity index (χ4n) is 2.48. The van der Waals surface area contributed by atoms with Gasteiger partial charge in [-0.05, 0) is 65.1 Å². The van der Waals surface area contributed by atoms with Crippen LogP contribution in [0.2, 0.25) is 0 Å². The molecule has 116 valence electrons. The van der Waals surface area contributed by atoms with Gasteiger partial charge in [0.2, 0.25) is 0 Å². The first-order chi connectivity index (χ1) is 9.79. The van der Waals surface area contributed by atoms with Crippen molar-refractivity contribution in [1.82, 2.24) is 5.32 Å². The molecule has 0 bridgehead atoms. The molecule has 2 rings (SSSR count). The van der Waals surface area contributed by atoms with Crippen LogP contribution in [-0.2, 0) is 4.65 Å². The molecule has 0 unspecified atom stereocenters. The Morgan fingerprint density at radius 1 is 1.10 bits per heavy atom. The van der Waals surface area contributed by atoms with Crippen molar-refractivity contribution in [2.75, 3.05) is 13.1 Å². The van der Waals surface area contributed by atoms with Gasteiger partial charge in [0.1, 0.15) is 0 Å². The Hall–Kier alpha value is -0.835. The van der Waals surface area contributed by atoms with Gasteiger partial charge in [-0.25, -0.2) is 0 Å². The lowest BCUT2D eigenvalue weighted by Crippen LogP contribution is -2.49. The van der Waals surface area contributed by atoms with E-state index in [1.807, 2.05) is 13.8 Å². The van der Waals surface area contributed by atoms with E-state index in [9.17, 15) is 5.11 Å². The minimum Gasteiger partial charge on any atom is -0.427 e. The number of nitrogens with one attached hydrogen (secondary N) is 1. The van der Waals surface area contributed by atoms with Gasteiger partial charge in [0.25, 0.3) is 0 Å². The molecule has 4 heteroatoms. The van der Waals surface area contributed by atoms with Gasteiger partial charge in [-0.15, -0.1) is 0 Å². The quantitative estimate of drug-likeness (QED) is 0.811. The summed E-state index contributed by atoms with van der Waals surface area (Å²) < 4.78 is 5.91. The number of hydrogen-bond donors (Lipinski definition) is 2. The maximum absolute atomic E-state index is 10.1. The molecule has 21 heavy (non-hydrogen) atoms. The van der Waals surface area contributed by atoms with Gasteiger partial charge in [-0.2, -0.15) is 0 Å². The zero-order chi connectivity index (χ0) is 15.5.